The molecule has 3 nitrogen and oxygen atoms in total. The van der Waals surface area contributed by atoms with E-state index in [-0.39, 0.29) is 0 Å². The molecule has 0 bridgehead atoms. The van der Waals surface area contributed by atoms with Gasteiger partial charge >= 0.3 is 0 Å². The molecule has 0 aliphatic heterocycles. The summed E-state index contributed by atoms with van der Waals surface area (Å²) in [5.74, 6) is 0.770. The first-order chi connectivity index (χ1) is 8.19. The summed E-state index contributed by atoms with van der Waals surface area (Å²) < 4.78 is 0. The van der Waals surface area contributed by atoms with Crippen molar-refractivity contribution in [3.8, 4) is 0 Å². The third kappa shape index (κ3) is 2.96. The van der Waals surface area contributed by atoms with Crippen molar-refractivity contribution in [3.05, 3.63) is 52.7 Å². The fourth-order valence-corrected chi connectivity index (χ4v) is 1.69. The van der Waals surface area contributed by atoms with Crippen LogP contribution in [0.15, 0.2) is 36.4 Å². The number of nitrogens with two attached hydrogens (primary N) is 1. The van der Waals surface area contributed by atoms with E-state index in [9.17, 15) is 0 Å². The lowest BCUT2D eigenvalue weighted by Gasteiger charge is -2.09. The van der Waals surface area contributed by atoms with Crippen molar-refractivity contribution in [1.29, 1.82) is 0 Å². The average molecular weight is 248 g/mol. The highest BCUT2D eigenvalue weighted by molar-refractivity contribution is 6.29. The van der Waals surface area contributed by atoms with Crippen LogP contribution in [0.4, 0.5) is 11.5 Å². The Morgan fingerprint density at radius 2 is 2.12 bits per heavy atom. The highest BCUT2D eigenvalue weighted by atomic mass is 35.5. The van der Waals surface area contributed by atoms with E-state index in [2.05, 4.69) is 10.3 Å². The summed E-state index contributed by atoms with van der Waals surface area (Å²) in [6, 6.07) is 11.6. The number of pyridine rings is 1. The maximum absolute atomic E-state index is 5.87. The van der Waals surface area contributed by atoms with Gasteiger partial charge in [0.15, 0.2) is 0 Å². The quantitative estimate of drug-likeness (QED) is 0.819. The van der Waals surface area contributed by atoms with Crippen molar-refractivity contribution in [3.63, 3.8) is 0 Å². The van der Waals surface area contributed by atoms with E-state index in [1.165, 1.54) is 0 Å². The van der Waals surface area contributed by atoms with E-state index in [4.69, 9.17) is 17.3 Å². The number of aryl methyl sites for hydroxylation is 1. The minimum atomic E-state index is 0.480. The van der Waals surface area contributed by atoms with Gasteiger partial charge in [0.05, 0.1) is 0 Å². The first kappa shape index (κ1) is 11.9. The summed E-state index contributed by atoms with van der Waals surface area (Å²) >= 11 is 5.87. The summed E-state index contributed by atoms with van der Waals surface area (Å²) in [5.41, 5.74) is 8.69. The molecular weight excluding hydrogens is 234 g/mol. The minimum absolute atomic E-state index is 0.480. The summed E-state index contributed by atoms with van der Waals surface area (Å²) in [7, 11) is 0. The zero-order chi connectivity index (χ0) is 12.3. The molecule has 2 aromatic rings. The van der Waals surface area contributed by atoms with Crippen molar-refractivity contribution in [2.45, 2.75) is 13.5 Å². The maximum atomic E-state index is 5.87. The second kappa shape index (κ2) is 5.17. The summed E-state index contributed by atoms with van der Waals surface area (Å²) in [4.78, 5) is 4.25. The van der Waals surface area contributed by atoms with Crippen LogP contribution in [0.2, 0.25) is 5.15 Å². The zero-order valence-electron chi connectivity index (χ0n) is 9.57. The molecule has 0 aliphatic carbocycles. The normalized spacial score (nSPS) is 10.3. The predicted octanol–water partition coefficient (Wildman–Crippen LogP) is 3.25. The van der Waals surface area contributed by atoms with Gasteiger partial charge in [0, 0.05) is 12.2 Å². The van der Waals surface area contributed by atoms with Gasteiger partial charge in [0.1, 0.15) is 11.0 Å². The SMILES string of the molecule is Cc1ccc(Cl)nc1Nc1cccc(CN)c1. The third-order valence-electron chi connectivity index (χ3n) is 2.49. The number of hydrogen-bond donors (Lipinski definition) is 2. The molecule has 3 N–H and O–H groups in total. The second-order valence-electron chi connectivity index (χ2n) is 3.83. The number of aromatic nitrogens is 1. The Morgan fingerprint density at radius 1 is 1.29 bits per heavy atom. The van der Waals surface area contributed by atoms with Crippen LogP contribution in [0.5, 0.6) is 0 Å². The Hall–Kier alpha value is -1.58. The van der Waals surface area contributed by atoms with E-state index in [0.29, 0.717) is 11.7 Å². The lowest BCUT2D eigenvalue weighted by Crippen LogP contribution is -1.99. The molecule has 0 aliphatic rings. The van der Waals surface area contributed by atoms with Crippen LogP contribution in [-0.2, 0) is 6.54 Å². The fraction of sp³-hybridized carbons (Fsp3) is 0.154. The van der Waals surface area contributed by atoms with Gasteiger partial charge in [0.2, 0.25) is 0 Å². The highest BCUT2D eigenvalue weighted by Gasteiger charge is 2.02. The van der Waals surface area contributed by atoms with Gasteiger partial charge < -0.3 is 11.1 Å². The summed E-state index contributed by atoms with van der Waals surface area (Å²) in [5, 5.41) is 3.72. The van der Waals surface area contributed by atoms with Gasteiger partial charge in [-0.05, 0) is 36.2 Å². The number of nitrogens with zero attached hydrogens (tertiary/aromatic N) is 1. The first-order valence-corrected chi connectivity index (χ1v) is 5.76. The monoisotopic (exact) mass is 247 g/mol. The van der Waals surface area contributed by atoms with Crippen molar-refractivity contribution >= 4 is 23.1 Å². The summed E-state index contributed by atoms with van der Waals surface area (Å²) in [6.45, 7) is 2.51. The van der Waals surface area contributed by atoms with Crippen LogP contribution in [0.1, 0.15) is 11.1 Å². The molecule has 1 aromatic heterocycles. The molecule has 88 valence electrons. The molecule has 0 fully saturated rings. The van der Waals surface area contributed by atoms with Crippen LogP contribution in [0, 0.1) is 6.92 Å². The average Bonchev–Trinajstić information content (AvgIpc) is 2.34. The number of rotatable bonds is 3. The molecule has 0 atom stereocenters. The van der Waals surface area contributed by atoms with E-state index in [1.54, 1.807) is 6.07 Å². The molecule has 2 rings (SSSR count). The molecule has 0 saturated heterocycles. The molecule has 4 heteroatoms. The van der Waals surface area contributed by atoms with E-state index in [1.807, 2.05) is 37.3 Å². The van der Waals surface area contributed by atoms with Crippen molar-refractivity contribution in [1.82, 2.24) is 4.98 Å². The van der Waals surface area contributed by atoms with Crippen molar-refractivity contribution in [2.24, 2.45) is 5.73 Å². The largest absolute Gasteiger partial charge is 0.340 e. The molecular formula is C13H14ClN3. The van der Waals surface area contributed by atoms with E-state index >= 15 is 0 Å². The van der Waals surface area contributed by atoms with Crippen LogP contribution >= 0.6 is 11.6 Å². The summed E-state index contributed by atoms with van der Waals surface area (Å²) in [6.07, 6.45) is 0. The molecule has 17 heavy (non-hydrogen) atoms. The van der Waals surface area contributed by atoms with Gasteiger partial charge in [-0.3, -0.25) is 0 Å². The van der Waals surface area contributed by atoms with E-state index in [0.717, 1.165) is 22.6 Å². The van der Waals surface area contributed by atoms with E-state index < -0.39 is 0 Å². The number of anilines is 2. The molecule has 0 spiro atoms. The number of nitrogens with one attached hydrogen (secondary N) is 1. The zero-order valence-corrected chi connectivity index (χ0v) is 10.3. The minimum Gasteiger partial charge on any atom is -0.340 e. The lowest BCUT2D eigenvalue weighted by atomic mass is 10.2. The Bertz CT molecular complexity index is 526. The molecule has 0 unspecified atom stereocenters. The van der Waals surface area contributed by atoms with Gasteiger partial charge in [-0.2, -0.15) is 0 Å². The fourth-order valence-electron chi connectivity index (χ4n) is 1.54. The van der Waals surface area contributed by atoms with Gasteiger partial charge in [-0.1, -0.05) is 29.8 Å². The topological polar surface area (TPSA) is 50.9 Å². The number of halogens is 1. The Labute approximate surface area is 106 Å². The number of benzene rings is 1. The standard InChI is InChI=1S/C13H14ClN3/c1-9-5-6-12(14)17-13(9)16-11-4-2-3-10(7-11)8-15/h2-7H,8,15H2,1H3,(H,16,17). The van der Waals surface area contributed by atoms with Crippen molar-refractivity contribution < 1.29 is 0 Å². The van der Waals surface area contributed by atoms with Gasteiger partial charge in [-0.25, -0.2) is 4.98 Å². The molecule has 0 amide bonds. The Kier molecular flexibility index (Phi) is 3.61. The first-order valence-electron chi connectivity index (χ1n) is 5.38. The van der Waals surface area contributed by atoms with Gasteiger partial charge in [0.25, 0.3) is 0 Å². The Balaban J connectivity index is 2.27. The highest BCUT2D eigenvalue weighted by Crippen LogP contribution is 2.21. The van der Waals surface area contributed by atoms with Crippen LogP contribution in [0.25, 0.3) is 0 Å². The second-order valence-corrected chi connectivity index (χ2v) is 4.22. The lowest BCUT2D eigenvalue weighted by molar-refractivity contribution is 1.07. The van der Waals surface area contributed by atoms with Crippen LogP contribution in [-0.4, -0.2) is 4.98 Å². The van der Waals surface area contributed by atoms with Crippen molar-refractivity contribution in [2.75, 3.05) is 5.32 Å². The smallest absolute Gasteiger partial charge is 0.135 e. The predicted molar refractivity (Wildman–Crippen MR) is 71.6 cm³/mol. The van der Waals surface area contributed by atoms with Crippen LogP contribution < -0.4 is 11.1 Å². The van der Waals surface area contributed by atoms with Gasteiger partial charge in [-0.15, -0.1) is 0 Å². The number of hydrogen-bond acceptors (Lipinski definition) is 3. The Morgan fingerprint density at radius 3 is 2.88 bits per heavy atom. The molecule has 1 aromatic carbocycles. The molecule has 1 heterocycles. The third-order valence-corrected chi connectivity index (χ3v) is 2.70. The molecule has 0 saturated carbocycles. The van der Waals surface area contributed by atoms with Crippen LogP contribution in [0.3, 0.4) is 0 Å². The maximum Gasteiger partial charge on any atom is 0.135 e. The molecule has 0 radical (unpaired) electrons.